The van der Waals surface area contributed by atoms with E-state index < -0.39 is 6.10 Å². The highest BCUT2D eigenvalue weighted by Crippen LogP contribution is 2.19. The first kappa shape index (κ1) is 16.5. The molecule has 0 unspecified atom stereocenters. The van der Waals surface area contributed by atoms with Gasteiger partial charge in [0.1, 0.15) is 17.6 Å². The van der Waals surface area contributed by atoms with Gasteiger partial charge < -0.3 is 10.1 Å². The number of amides is 1. The van der Waals surface area contributed by atoms with Gasteiger partial charge in [-0.05, 0) is 43.7 Å². The third kappa shape index (κ3) is 4.30. The molecule has 5 heteroatoms. The summed E-state index contributed by atoms with van der Waals surface area (Å²) >= 11 is 0. The van der Waals surface area contributed by atoms with Gasteiger partial charge in [-0.2, -0.15) is 5.26 Å². The van der Waals surface area contributed by atoms with Crippen LogP contribution in [0.25, 0.3) is 0 Å². The molecular formula is C18H17FN2O2. The third-order valence-electron chi connectivity index (χ3n) is 3.41. The Morgan fingerprint density at radius 3 is 2.48 bits per heavy atom. The molecule has 0 heterocycles. The first-order chi connectivity index (χ1) is 11.0. The van der Waals surface area contributed by atoms with Crippen LogP contribution in [0, 0.1) is 17.1 Å². The van der Waals surface area contributed by atoms with Crippen molar-refractivity contribution in [2.45, 2.75) is 26.0 Å². The van der Waals surface area contributed by atoms with Crippen LogP contribution in [-0.4, -0.2) is 12.0 Å². The Morgan fingerprint density at radius 1 is 1.17 bits per heavy atom. The molecule has 118 valence electrons. The SMILES string of the molecule is C[C@@H](Oc1ccccc1C#N)C(=O)N[C@H](C)c1ccc(F)cc1. The third-order valence-corrected chi connectivity index (χ3v) is 3.41. The smallest absolute Gasteiger partial charge is 0.261 e. The highest BCUT2D eigenvalue weighted by molar-refractivity contribution is 5.81. The number of rotatable bonds is 5. The van der Waals surface area contributed by atoms with Crippen LogP contribution in [0.1, 0.15) is 31.0 Å². The summed E-state index contributed by atoms with van der Waals surface area (Å²) in [5.41, 5.74) is 1.17. The molecule has 0 saturated heterocycles. The molecule has 2 rings (SSSR count). The highest BCUT2D eigenvalue weighted by Gasteiger charge is 2.18. The van der Waals surface area contributed by atoms with Crippen molar-refractivity contribution in [2.24, 2.45) is 0 Å². The van der Waals surface area contributed by atoms with Gasteiger partial charge in [0.15, 0.2) is 6.10 Å². The number of carbonyl (C=O) groups excluding carboxylic acids is 1. The minimum absolute atomic E-state index is 0.277. The summed E-state index contributed by atoms with van der Waals surface area (Å²) in [5, 5.41) is 11.8. The van der Waals surface area contributed by atoms with E-state index in [-0.39, 0.29) is 17.8 Å². The summed E-state index contributed by atoms with van der Waals surface area (Å²) in [6, 6.07) is 14.4. The Morgan fingerprint density at radius 2 is 1.83 bits per heavy atom. The van der Waals surface area contributed by atoms with Gasteiger partial charge in [0.2, 0.25) is 0 Å². The van der Waals surface area contributed by atoms with Crippen molar-refractivity contribution in [1.82, 2.24) is 5.32 Å². The van der Waals surface area contributed by atoms with Crippen molar-refractivity contribution in [1.29, 1.82) is 5.26 Å². The molecule has 0 aliphatic heterocycles. The summed E-state index contributed by atoms with van der Waals surface area (Å²) in [4.78, 5) is 12.2. The molecule has 0 aromatic heterocycles. The molecule has 0 aliphatic carbocycles. The number of nitriles is 1. The fraction of sp³-hybridized carbons (Fsp3) is 0.222. The predicted molar refractivity (Wildman–Crippen MR) is 84.2 cm³/mol. The van der Waals surface area contributed by atoms with Crippen LogP contribution in [0.5, 0.6) is 5.75 Å². The van der Waals surface area contributed by atoms with Gasteiger partial charge in [-0.15, -0.1) is 0 Å². The molecule has 2 atom stereocenters. The minimum Gasteiger partial charge on any atom is -0.480 e. The Bertz CT molecular complexity index is 723. The van der Waals surface area contributed by atoms with Crippen molar-refractivity contribution in [3.63, 3.8) is 0 Å². The van der Waals surface area contributed by atoms with Crippen LogP contribution >= 0.6 is 0 Å². The molecular weight excluding hydrogens is 295 g/mol. The normalized spacial score (nSPS) is 12.8. The zero-order valence-corrected chi connectivity index (χ0v) is 12.9. The van der Waals surface area contributed by atoms with E-state index in [1.165, 1.54) is 12.1 Å². The second-order valence-electron chi connectivity index (χ2n) is 5.15. The van der Waals surface area contributed by atoms with Crippen LogP contribution in [0.4, 0.5) is 4.39 Å². The Labute approximate surface area is 134 Å². The van der Waals surface area contributed by atoms with Gasteiger partial charge in [0.25, 0.3) is 5.91 Å². The standard InChI is InChI=1S/C18H17FN2O2/c1-12(14-7-9-16(19)10-8-14)21-18(22)13(2)23-17-6-4-3-5-15(17)11-20/h3-10,12-13H,1-2H3,(H,21,22)/t12-,13-/m1/s1. The number of nitrogens with one attached hydrogen (secondary N) is 1. The fourth-order valence-corrected chi connectivity index (χ4v) is 2.07. The molecule has 0 saturated carbocycles. The Kier molecular flexibility index (Phi) is 5.32. The summed E-state index contributed by atoms with van der Waals surface area (Å²) in [5.74, 6) is -0.265. The number of ether oxygens (including phenoxy) is 1. The van der Waals surface area contributed by atoms with Crippen LogP contribution < -0.4 is 10.1 Å². The topological polar surface area (TPSA) is 62.1 Å². The lowest BCUT2D eigenvalue weighted by Crippen LogP contribution is -2.37. The number of halogens is 1. The van der Waals surface area contributed by atoms with Gasteiger partial charge in [-0.25, -0.2) is 4.39 Å². The van der Waals surface area contributed by atoms with Crippen molar-refractivity contribution >= 4 is 5.91 Å². The van der Waals surface area contributed by atoms with E-state index in [4.69, 9.17) is 10.00 Å². The average Bonchev–Trinajstić information content (AvgIpc) is 2.55. The predicted octanol–water partition coefficient (Wildman–Crippen LogP) is 3.34. The Hall–Kier alpha value is -2.87. The van der Waals surface area contributed by atoms with Gasteiger partial charge in [0, 0.05) is 0 Å². The van der Waals surface area contributed by atoms with Crippen molar-refractivity contribution in [3.8, 4) is 11.8 Å². The van der Waals surface area contributed by atoms with Gasteiger partial charge in [-0.1, -0.05) is 24.3 Å². The maximum atomic E-state index is 12.9. The zero-order valence-electron chi connectivity index (χ0n) is 12.9. The number of nitrogens with zero attached hydrogens (tertiary/aromatic N) is 1. The second-order valence-corrected chi connectivity index (χ2v) is 5.15. The number of hydrogen-bond acceptors (Lipinski definition) is 3. The van der Waals surface area contributed by atoms with Crippen LogP contribution in [0.15, 0.2) is 48.5 Å². The van der Waals surface area contributed by atoms with Crippen LogP contribution in [0.3, 0.4) is 0 Å². The molecule has 1 amide bonds. The maximum absolute atomic E-state index is 12.9. The monoisotopic (exact) mass is 312 g/mol. The number of hydrogen-bond donors (Lipinski definition) is 1. The summed E-state index contributed by atoms with van der Waals surface area (Å²) < 4.78 is 18.5. The quantitative estimate of drug-likeness (QED) is 0.921. The van der Waals surface area contributed by atoms with E-state index in [9.17, 15) is 9.18 Å². The largest absolute Gasteiger partial charge is 0.480 e. The lowest BCUT2D eigenvalue weighted by molar-refractivity contribution is -0.127. The molecule has 2 aromatic carbocycles. The highest BCUT2D eigenvalue weighted by atomic mass is 19.1. The van der Waals surface area contributed by atoms with E-state index in [1.54, 1.807) is 50.2 Å². The molecule has 0 spiro atoms. The van der Waals surface area contributed by atoms with Crippen LogP contribution in [0.2, 0.25) is 0 Å². The number of benzene rings is 2. The maximum Gasteiger partial charge on any atom is 0.261 e. The molecule has 0 fully saturated rings. The van der Waals surface area contributed by atoms with Gasteiger partial charge in [0.05, 0.1) is 11.6 Å². The molecule has 2 aromatic rings. The fourth-order valence-electron chi connectivity index (χ4n) is 2.07. The molecule has 4 nitrogen and oxygen atoms in total. The van der Waals surface area contributed by atoms with E-state index in [0.29, 0.717) is 11.3 Å². The van der Waals surface area contributed by atoms with E-state index >= 15 is 0 Å². The second kappa shape index (κ2) is 7.41. The van der Waals surface area contributed by atoms with E-state index in [1.807, 2.05) is 6.07 Å². The lowest BCUT2D eigenvalue weighted by Gasteiger charge is -2.19. The van der Waals surface area contributed by atoms with Gasteiger partial charge >= 0.3 is 0 Å². The van der Waals surface area contributed by atoms with Crippen molar-refractivity contribution in [2.75, 3.05) is 0 Å². The van der Waals surface area contributed by atoms with Gasteiger partial charge in [-0.3, -0.25) is 4.79 Å². The zero-order chi connectivity index (χ0) is 16.8. The summed E-state index contributed by atoms with van der Waals surface area (Å²) in [7, 11) is 0. The molecule has 1 N–H and O–H groups in total. The molecule has 23 heavy (non-hydrogen) atoms. The molecule has 0 aliphatic rings. The van der Waals surface area contributed by atoms with E-state index in [0.717, 1.165) is 5.56 Å². The molecule has 0 bridgehead atoms. The first-order valence-electron chi connectivity index (χ1n) is 7.23. The summed E-state index contributed by atoms with van der Waals surface area (Å²) in [6.45, 7) is 3.42. The average molecular weight is 312 g/mol. The van der Waals surface area contributed by atoms with Crippen molar-refractivity contribution < 1.29 is 13.9 Å². The minimum atomic E-state index is -0.757. The van der Waals surface area contributed by atoms with Crippen molar-refractivity contribution in [3.05, 3.63) is 65.5 Å². The van der Waals surface area contributed by atoms with Crippen LogP contribution in [-0.2, 0) is 4.79 Å². The Balaban J connectivity index is 2.00. The first-order valence-corrected chi connectivity index (χ1v) is 7.23. The lowest BCUT2D eigenvalue weighted by atomic mass is 10.1. The number of para-hydroxylation sites is 1. The van der Waals surface area contributed by atoms with E-state index in [2.05, 4.69) is 5.32 Å². The summed E-state index contributed by atoms with van der Waals surface area (Å²) in [6.07, 6.45) is -0.757. The molecule has 0 radical (unpaired) electrons. The number of carbonyl (C=O) groups is 1.